The summed E-state index contributed by atoms with van der Waals surface area (Å²) in [5.74, 6) is 0. The highest BCUT2D eigenvalue weighted by molar-refractivity contribution is 7.93. The first-order chi connectivity index (χ1) is 11.8. The maximum absolute atomic E-state index is 13.0. The van der Waals surface area contributed by atoms with Gasteiger partial charge in [0.25, 0.3) is 10.0 Å². The van der Waals surface area contributed by atoms with Crippen LogP contribution < -0.4 is 4.72 Å². The molecule has 0 amide bonds. The molecule has 7 heteroatoms. The maximum Gasteiger partial charge on any atom is 0.263 e. The fourth-order valence-corrected chi connectivity index (χ4v) is 5.78. The Hall–Kier alpha value is -2.12. The largest absolute Gasteiger partial charge is 0.282 e. The van der Waals surface area contributed by atoms with Crippen LogP contribution in [0, 0.1) is 20.8 Å². The highest BCUT2D eigenvalue weighted by Gasteiger charge is 2.27. The number of hydrogen-bond donors (Lipinski definition) is 2. The van der Waals surface area contributed by atoms with Crippen molar-refractivity contribution in [2.24, 2.45) is 0 Å². The van der Waals surface area contributed by atoms with Gasteiger partial charge in [0.05, 0.1) is 5.69 Å². The van der Waals surface area contributed by atoms with Crippen LogP contribution in [0.3, 0.4) is 0 Å². The van der Waals surface area contributed by atoms with Crippen molar-refractivity contribution in [2.75, 3.05) is 4.72 Å². The van der Waals surface area contributed by atoms with Crippen LogP contribution >= 0.6 is 11.3 Å². The summed E-state index contributed by atoms with van der Waals surface area (Å²) < 4.78 is 28.8. The van der Waals surface area contributed by atoms with Gasteiger partial charge in [-0.2, -0.15) is 5.10 Å². The fourth-order valence-electron chi connectivity index (χ4n) is 2.84. The predicted octanol–water partition coefficient (Wildman–Crippen LogP) is 4.43. The summed E-state index contributed by atoms with van der Waals surface area (Å²) in [5.41, 5.74) is 3.94. The van der Waals surface area contributed by atoms with Crippen molar-refractivity contribution in [3.05, 3.63) is 51.3 Å². The molecular formula is C18H21N3O2S2. The molecule has 0 fully saturated rings. The first-order valence-electron chi connectivity index (χ1n) is 8.06. The molecule has 0 aliphatic carbocycles. The molecule has 0 aliphatic heterocycles. The predicted molar refractivity (Wildman–Crippen MR) is 103 cm³/mol. The number of thiophene rings is 1. The van der Waals surface area contributed by atoms with Gasteiger partial charge in [0, 0.05) is 26.7 Å². The molecule has 1 aromatic carbocycles. The third-order valence-electron chi connectivity index (χ3n) is 4.05. The van der Waals surface area contributed by atoms with Crippen molar-refractivity contribution >= 4 is 27.0 Å². The monoisotopic (exact) mass is 375 g/mol. The number of benzene rings is 1. The van der Waals surface area contributed by atoms with E-state index in [-0.39, 0.29) is 0 Å². The molecule has 2 heterocycles. The van der Waals surface area contributed by atoms with Gasteiger partial charge in [-0.15, -0.1) is 11.3 Å². The number of aromatic nitrogens is 2. The number of aromatic amines is 1. The molecule has 25 heavy (non-hydrogen) atoms. The standard InChI is InChI=1S/C18H21N3O2S2/c1-5-14-6-8-15(9-7-14)21-25(22,23)18-13(4)24-12(3)17(18)16-10-11(2)19-20-16/h6-10,21H,5H2,1-4H3,(H,19,20). The van der Waals surface area contributed by atoms with Crippen molar-refractivity contribution in [1.82, 2.24) is 10.2 Å². The fraction of sp³-hybridized carbons (Fsp3) is 0.278. The van der Waals surface area contributed by atoms with Gasteiger partial charge in [0.2, 0.25) is 0 Å². The van der Waals surface area contributed by atoms with E-state index in [1.807, 2.05) is 39.0 Å². The Balaban J connectivity index is 2.05. The highest BCUT2D eigenvalue weighted by Crippen LogP contribution is 2.39. The summed E-state index contributed by atoms with van der Waals surface area (Å²) in [5, 5.41) is 7.14. The van der Waals surface area contributed by atoms with Gasteiger partial charge in [-0.1, -0.05) is 19.1 Å². The summed E-state index contributed by atoms with van der Waals surface area (Å²) in [6.07, 6.45) is 0.915. The number of anilines is 1. The molecule has 132 valence electrons. The van der Waals surface area contributed by atoms with Gasteiger partial charge < -0.3 is 0 Å². The molecule has 0 spiro atoms. The van der Waals surface area contributed by atoms with Crippen LogP contribution in [0.5, 0.6) is 0 Å². The molecule has 2 aromatic heterocycles. The molecule has 0 unspecified atom stereocenters. The summed E-state index contributed by atoms with van der Waals surface area (Å²) in [4.78, 5) is 2.00. The lowest BCUT2D eigenvalue weighted by Crippen LogP contribution is -2.14. The Morgan fingerprint density at radius 3 is 2.36 bits per heavy atom. The van der Waals surface area contributed by atoms with Gasteiger partial charge in [0.15, 0.2) is 0 Å². The van der Waals surface area contributed by atoms with Crippen molar-refractivity contribution in [3.8, 4) is 11.3 Å². The van der Waals surface area contributed by atoms with E-state index in [1.54, 1.807) is 12.1 Å². The van der Waals surface area contributed by atoms with Crippen LogP contribution in [0.15, 0.2) is 35.2 Å². The molecule has 3 aromatic rings. The van der Waals surface area contributed by atoms with E-state index in [4.69, 9.17) is 0 Å². The minimum atomic E-state index is -3.71. The Morgan fingerprint density at radius 2 is 1.80 bits per heavy atom. The zero-order chi connectivity index (χ0) is 18.2. The number of rotatable bonds is 5. The van der Waals surface area contributed by atoms with Crippen LogP contribution in [-0.4, -0.2) is 18.6 Å². The van der Waals surface area contributed by atoms with Gasteiger partial charge >= 0.3 is 0 Å². The van der Waals surface area contributed by atoms with Crippen molar-refractivity contribution < 1.29 is 8.42 Å². The second-order valence-corrected chi connectivity index (χ2v) is 9.06. The number of sulfonamides is 1. The summed E-state index contributed by atoms with van der Waals surface area (Å²) in [6.45, 7) is 7.71. The quantitative estimate of drug-likeness (QED) is 0.693. The number of H-pyrrole nitrogens is 1. The van der Waals surface area contributed by atoms with Crippen molar-refractivity contribution in [3.63, 3.8) is 0 Å². The second kappa shape index (κ2) is 6.65. The number of hydrogen-bond acceptors (Lipinski definition) is 4. The Morgan fingerprint density at radius 1 is 1.12 bits per heavy atom. The van der Waals surface area contributed by atoms with E-state index in [9.17, 15) is 8.42 Å². The minimum Gasteiger partial charge on any atom is -0.282 e. The maximum atomic E-state index is 13.0. The Labute approximate surface area is 152 Å². The molecule has 0 saturated carbocycles. The van der Waals surface area contributed by atoms with Crippen LogP contribution in [0.4, 0.5) is 5.69 Å². The van der Waals surface area contributed by atoms with Gasteiger partial charge in [-0.3, -0.25) is 9.82 Å². The number of nitrogens with zero attached hydrogens (tertiary/aromatic N) is 1. The average molecular weight is 376 g/mol. The Kier molecular flexibility index (Phi) is 4.71. The molecule has 0 radical (unpaired) electrons. The topological polar surface area (TPSA) is 74.8 Å². The first-order valence-corrected chi connectivity index (χ1v) is 10.4. The third-order valence-corrected chi connectivity index (χ3v) is 6.75. The normalized spacial score (nSPS) is 11.7. The summed E-state index contributed by atoms with van der Waals surface area (Å²) in [6, 6.07) is 9.32. The van der Waals surface area contributed by atoms with Crippen LogP contribution in [-0.2, 0) is 16.4 Å². The minimum absolute atomic E-state index is 0.307. The lowest BCUT2D eigenvalue weighted by Gasteiger charge is -2.10. The molecule has 5 nitrogen and oxygen atoms in total. The van der Waals surface area contributed by atoms with E-state index in [1.165, 1.54) is 11.3 Å². The summed E-state index contributed by atoms with van der Waals surface area (Å²) >= 11 is 1.47. The molecule has 0 saturated heterocycles. The van der Waals surface area contributed by atoms with E-state index in [2.05, 4.69) is 21.8 Å². The molecule has 2 N–H and O–H groups in total. The van der Waals surface area contributed by atoms with E-state index < -0.39 is 10.0 Å². The van der Waals surface area contributed by atoms with Crippen LogP contribution in [0.2, 0.25) is 0 Å². The smallest absolute Gasteiger partial charge is 0.263 e. The molecule has 0 aliphatic rings. The zero-order valence-corrected chi connectivity index (χ0v) is 16.3. The number of nitrogens with one attached hydrogen (secondary N) is 2. The molecule has 0 atom stereocenters. The van der Waals surface area contributed by atoms with Crippen LogP contribution in [0.1, 0.15) is 27.9 Å². The zero-order valence-electron chi connectivity index (χ0n) is 14.7. The van der Waals surface area contributed by atoms with Gasteiger partial charge in [-0.25, -0.2) is 8.42 Å². The molecule has 0 bridgehead atoms. The number of aryl methyl sites for hydroxylation is 4. The van der Waals surface area contributed by atoms with E-state index in [0.717, 1.165) is 27.4 Å². The van der Waals surface area contributed by atoms with Crippen LogP contribution in [0.25, 0.3) is 11.3 Å². The Bertz CT molecular complexity index is 1000. The second-order valence-electron chi connectivity index (χ2n) is 6.01. The SMILES string of the molecule is CCc1ccc(NS(=O)(=O)c2c(C)sc(C)c2-c2cc(C)[nH]n2)cc1. The highest BCUT2D eigenvalue weighted by atomic mass is 32.2. The van der Waals surface area contributed by atoms with Crippen molar-refractivity contribution in [1.29, 1.82) is 0 Å². The van der Waals surface area contributed by atoms with Gasteiger partial charge in [-0.05, 0) is 51.0 Å². The summed E-state index contributed by atoms with van der Waals surface area (Å²) in [7, 11) is -3.71. The lowest BCUT2D eigenvalue weighted by molar-refractivity contribution is 0.601. The first kappa shape index (κ1) is 17.7. The van der Waals surface area contributed by atoms with E-state index in [0.29, 0.717) is 21.8 Å². The lowest BCUT2D eigenvalue weighted by atomic mass is 10.2. The average Bonchev–Trinajstić information content (AvgIpc) is 3.10. The van der Waals surface area contributed by atoms with E-state index >= 15 is 0 Å². The van der Waals surface area contributed by atoms with Crippen molar-refractivity contribution in [2.45, 2.75) is 39.0 Å². The third kappa shape index (κ3) is 3.48. The molecule has 3 rings (SSSR count). The molecular weight excluding hydrogens is 354 g/mol. The van der Waals surface area contributed by atoms with Gasteiger partial charge in [0.1, 0.15) is 4.90 Å².